The molecule has 1 amide bonds. The Morgan fingerprint density at radius 2 is 2.00 bits per heavy atom. The Balaban J connectivity index is 2.20. The van der Waals surface area contributed by atoms with Crippen molar-refractivity contribution in [3.05, 3.63) is 35.2 Å². The Bertz CT molecular complexity index is 633. The molecule has 1 atom stereocenters. The summed E-state index contributed by atoms with van der Waals surface area (Å²) < 4.78 is 1.02. The molecule has 4 nitrogen and oxygen atoms in total. The molecule has 1 aromatic carbocycles. The third kappa shape index (κ3) is 3.17. The van der Waals surface area contributed by atoms with Gasteiger partial charge in [-0.1, -0.05) is 32.0 Å². The largest absolute Gasteiger partial charge is 0.480 e. The molecule has 106 valence electrons. The monoisotopic (exact) mass is 291 g/mol. The molecular formula is C15H17NO3S. The summed E-state index contributed by atoms with van der Waals surface area (Å²) in [5.74, 6) is -1.11. The third-order valence-corrected chi connectivity index (χ3v) is 4.00. The van der Waals surface area contributed by atoms with E-state index in [2.05, 4.69) is 5.32 Å². The molecule has 1 aromatic heterocycles. The fourth-order valence-corrected chi connectivity index (χ4v) is 3.02. The predicted molar refractivity (Wildman–Crippen MR) is 80.2 cm³/mol. The molecule has 2 rings (SSSR count). The van der Waals surface area contributed by atoms with Gasteiger partial charge in [0, 0.05) is 15.5 Å². The number of carbonyl (C=O) groups is 2. The van der Waals surface area contributed by atoms with Crippen LogP contribution < -0.4 is 5.32 Å². The quantitative estimate of drug-likeness (QED) is 0.889. The molecule has 0 aliphatic rings. The molecule has 1 unspecified atom stereocenters. The Morgan fingerprint density at radius 3 is 2.65 bits per heavy atom. The van der Waals surface area contributed by atoms with Crippen LogP contribution in [0, 0.1) is 5.92 Å². The van der Waals surface area contributed by atoms with Crippen LogP contribution in [0.15, 0.2) is 29.6 Å². The Morgan fingerprint density at radius 1 is 1.30 bits per heavy atom. The van der Waals surface area contributed by atoms with Gasteiger partial charge in [-0.15, -0.1) is 11.3 Å². The summed E-state index contributed by atoms with van der Waals surface area (Å²) >= 11 is 1.48. The third-order valence-electron chi connectivity index (χ3n) is 3.04. The van der Waals surface area contributed by atoms with Gasteiger partial charge in [-0.3, -0.25) is 4.79 Å². The van der Waals surface area contributed by atoms with E-state index in [1.165, 1.54) is 11.3 Å². The number of carboxylic acid groups (broad SMARTS) is 1. The molecule has 0 radical (unpaired) electrons. The number of carboxylic acids is 1. The number of benzene rings is 1. The fraction of sp³-hybridized carbons (Fsp3) is 0.333. The first-order valence-electron chi connectivity index (χ1n) is 6.49. The highest BCUT2D eigenvalue weighted by Crippen LogP contribution is 2.25. The summed E-state index contributed by atoms with van der Waals surface area (Å²) in [5.41, 5.74) is 0.542. The Hall–Kier alpha value is -1.88. The zero-order chi connectivity index (χ0) is 14.7. The maximum Gasteiger partial charge on any atom is 0.326 e. The van der Waals surface area contributed by atoms with Gasteiger partial charge in [0.2, 0.25) is 0 Å². The van der Waals surface area contributed by atoms with Crippen LogP contribution in [0.25, 0.3) is 10.1 Å². The lowest BCUT2D eigenvalue weighted by atomic mass is 10.0. The molecule has 1 heterocycles. The van der Waals surface area contributed by atoms with Crippen molar-refractivity contribution in [1.29, 1.82) is 0 Å². The van der Waals surface area contributed by atoms with Crippen LogP contribution in [-0.2, 0) is 4.79 Å². The van der Waals surface area contributed by atoms with E-state index < -0.39 is 12.0 Å². The van der Waals surface area contributed by atoms with Crippen molar-refractivity contribution in [3.8, 4) is 0 Å². The molecular weight excluding hydrogens is 274 g/mol. The van der Waals surface area contributed by atoms with E-state index in [4.69, 9.17) is 5.11 Å². The molecule has 0 saturated heterocycles. The molecule has 0 fully saturated rings. The summed E-state index contributed by atoms with van der Waals surface area (Å²) in [7, 11) is 0. The first-order valence-corrected chi connectivity index (χ1v) is 7.37. The number of carbonyl (C=O) groups excluding carboxylic acids is 1. The number of amides is 1. The van der Waals surface area contributed by atoms with Gasteiger partial charge in [0.25, 0.3) is 5.91 Å². The lowest BCUT2D eigenvalue weighted by molar-refractivity contribution is -0.139. The summed E-state index contributed by atoms with van der Waals surface area (Å²) in [4.78, 5) is 23.4. The molecule has 20 heavy (non-hydrogen) atoms. The minimum atomic E-state index is -0.994. The lowest BCUT2D eigenvalue weighted by Crippen LogP contribution is -2.41. The first-order chi connectivity index (χ1) is 9.49. The molecule has 0 saturated carbocycles. The van der Waals surface area contributed by atoms with Crippen molar-refractivity contribution >= 4 is 33.3 Å². The molecule has 5 heteroatoms. The zero-order valence-corrected chi connectivity index (χ0v) is 12.2. The number of hydrogen-bond donors (Lipinski definition) is 2. The SMILES string of the molecule is CC(C)CC(NC(=O)c1csc2ccccc12)C(=O)O. The number of nitrogens with one attached hydrogen (secondary N) is 1. The van der Waals surface area contributed by atoms with E-state index in [0.717, 1.165) is 10.1 Å². The van der Waals surface area contributed by atoms with E-state index in [1.54, 1.807) is 5.38 Å². The highest BCUT2D eigenvalue weighted by Gasteiger charge is 2.22. The lowest BCUT2D eigenvalue weighted by Gasteiger charge is -2.16. The van der Waals surface area contributed by atoms with Crippen LogP contribution in [0.3, 0.4) is 0 Å². The summed E-state index contributed by atoms with van der Waals surface area (Å²) in [6, 6.07) is 6.76. The molecule has 2 N–H and O–H groups in total. The number of aliphatic carboxylic acids is 1. The number of rotatable bonds is 5. The van der Waals surface area contributed by atoms with Crippen molar-refractivity contribution in [1.82, 2.24) is 5.32 Å². The van der Waals surface area contributed by atoms with Gasteiger partial charge < -0.3 is 10.4 Å². The predicted octanol–water partition coefficient (Wildman–Crippen LogP) is 3.13. The highest BCUT2D eigenvalue weighted by atomic mass is 32.1. The first kappa shape index (κ1) is 14.5. The second kappa shape index (κ2) is 6.05. The van der Waals surface area contributed by atoms with Crippen LogP contribution in [0.1, 0.15) is 30.6 Å². The molecule has 0 bridgehead atoms. The second-order valence-corrected chi connectivity index (χ2v) is 6.05. The van der Waals surface area contributed by atoms with Crippen LogP contribution >= 0.6 is 11.3 Å². The van der Waals surface area contributed by atoms with E-state index in [0.29, 0.717) is 12.0 Å². The van der Waals surface area contributed by atoms with Crippen molar-refractivity contribution in [2.24, 2.45) is 5.92 Å². The second-order valence-electron chi connectivity index (χ2n) is 5.14. The minimum absolute atomic E-state index is 0.204. The topological polar surface area (TPSA) is 66.4 Å². The smallest absolute Gasteiger partial charge is 0.326 e. The summed E-state index contributed by atoms with van der Waals surface area (Å²) in [5, 5.41) is 14.4. The maximum atomic E-state index is 12.2. The number of hydrogen-bond acceptors (Lipinski definition) is 3. The number of thiophene rings is 1. The van der Waals surface area contributed by atoms with Gasteiger partial charge in [0.15, 0.2) is 0 Å². The normalized spacial score (nSPS) is 12.6. The van der Waals surface area contributed by atoms with E-state index in [1.807, 2.05) is 38.1 Å². The van der Waals surface area contributed by atoms with Crippen molar-refractivity contribution in [2.75, 3.05) is 0 Å². The highest BCUT2D eigenvalue weighted by molar-refractivity contribution is 7.17. The van der Waals surface area contributed by atoms with Crippen molar-refractivity contribution in [2.45, 2.75) is 26.3 Å². The van der Waals surface area contributed by atoms with Gasteiger partial charge in [-0.25, -0.2) is 4.79 Å². The van der Waals surface area contributed by atoms with Gasteiger partial charge >= 0.3 is 5.97 Å². The molecule has 0 spiro atoms. The molecule has 0 aliphatic heterocycles. The van der Waals surface area contributed by atoms with Crippen LogP contribution in [0.4, 0.5) is 0 Å². The summed E-state index contributed by atoms with van der Waals surface area (Å²) in [6.07, 6.45) is 0.420. The van der Waals surface area contributed by atoms with E-state index in [-0.39, 0.29) is 11.8 Å². The molecule has 0 aliphatic carbocycles. The van der Waals surface area contributed by atoms with Crippen LogP contribution in [-0.4, -0.2) is 23.0 Å². The van der Waals surface area contributed by atoms with Crippen LogP contribution in [0.2, 0.25) is 0 Å². The molecule has 2 aromatic rings. The fourth-order valence-electron chi connectivity index (χ4n) is 2.08. The maximum absolute atomic E-state index is 12.2. The number of fused-ring (bicyclic) bond motifs is 1. The Labute approximate surface area is 121 Å². The van der Waals surface area contributed by atoms with Crippen molar-refractivity contribution < 1.29 is 14.7 Å². The van der Waals surface area contributed by atoms with Gasteiger partial charge in [0.1, 0.15) is 6.04 Å². The minimum Gasteiger partial charge on any atom is -0.480 e. The zero-order valence-electron chi connectivity index (χ0n) is 11.4. The van der Waals surface area contributed by atoms with E-state index in [9.17, 15) is 9.59 Å². The Kier molecular flexibility index (Phi) is 4.39. The van der Waals surface area contributed by atoms with Gasteiger partial charge in [0.05, 0.1) is 5.56 Å². The van der Waals surface area contributed by atoms with Crippen molar-refractivity contribution in [3.63, 3.8) is 0 Å². The van der Waals surface area contributed by atoms with E-state index >= 15 is 0 Å². The average molecular weight is 291 g/mol. The van der Waals surface area contributed by atoms with Gasteiger partial charge in [-0.2, -0.15) is 0 Å². The summed E-state index contributed by atoms with van der Waals surface area (Å²) in [6.45, 7) is 3.87. The average Bonchev–Trinajstić information content (AvgIpc) is 2.81. The standard InChI is InChI=1S/C15H17NO3S/c1-9(2)7-12(15(18)19)16-14(17)11-8-20-13-6-4-3-5-10(11)13/h3-6,8-9,12H,7H2,1-2H3,(H,16,17)(H,18,19). The van der Waals surface area contributed by atoms with Gasteiger partial charge in [-0.05, 0) is 18.4 Å². The van der Waals surface area contributed by atoms with Crippen LogP contribution in [0.5, 0.6) is 0 Å².